The fourth-order valence-electron chi connectivity index (χ4n) is 1.98. The molecule has 0 spiro atoms. The number of para-hydroxylation sites is 1. The van der Waals surface area contributed by atoms with Crippen LogP contribution in [0.25, 0.3) is 0 Å². The normalized spacial score (nSPS) is 12.4. The third-order valence-corrected chi connectivity index (χ3v) is 4.23. The number of aryl methyl sites for hydroxylation is 1. The molecule has 1 atom stereocenters. The summed E-state index contributed by atoms with van der Waals surface area (Å²) in [6.07, 6.45) is 2.97. The number of thiazole rings is 1. The van der Waals surface area contributed by atoms with Gasteiger partial charge in [-0.1, -0.05) is 25.1 Å². The molecule has 0 radical (unpaired) electrons. The zero-order valence-electron chi connectivity index (χ0n) is 11.6. The number of aromatic nitrogens is 1. The van der Waals surface area contributed by atoms with E-state index in [1.165, 1.54) is 15.4 Å². The number of rotatable bonds is 6. The molecule has 102 valence electrons. The number of hydrogen-bond acceptors (Lipinski definition) is 4. The number of ether oxygens (including phenoxy) is 1. The van der Waals surface area contributed by atoms with Gasteiger partial charge in [-0.05, 0) is 19.4 Å². The largest absolute Gasteiger partial charge is 0.496 e. The Bertz CT molecular complexity index is 524. The Morgan fingerprint density at radius 2 is 2.16 bits per heavy atom. The lowest BCUT2D eigenvalue weighted by molar-refractivity contribution is 0.401. The second-order valence-electron chi connectivity index (χ2n) is 4.42. The van der Waals surface area contributed by atoms with E-state index in [-0.39, 0.29) is 6.04 Å². The molecule has 0 amide bonds. The van der Waals surface area contributed by atoms with Crippen molar-refractivity contribution in [3.05, 3.63) is 45.9 Å². The summed E-state index contributed by atoms with van der Waals surface area (Å²) in [5.41, 5.74) is 1.19. The molecule has 0 fully saturated rings. The van der Waals surface area contributed by atoms with Gasteiger partial charge in [-0.2, -0.15) is 0 Å². The number of hydrogen-bond donors (Lipinski definition) is 1. The van der Waals surface area contributed by atoms with Crippen LogP contribution >= 0.6 is 11.3 Å². The van der Waals surface area contributed by atoms with Gasteiger partial charge in [-0.3, -0.25) is 0 Å². The van der Waals surface area contributed by atoms with E-state index in [1.807, 2.05) is 24.4 Å². The van der Waals surface area contributed by atoms with Gasteiger partial charge in [0.1, 0.15) is 5.75 Å². The van der Waals surface area contributed by atoms with Crippen molar-refractivity contribution >= 4 is 11.3 Å². The van der Waals surface area contributed by atoms with Gasteiger partial charge in [0.15, 0.2) is 0 Å². The number of benzene rings is 1. The molecule has 0 bridgehead atoms. The summed E-state index contributed by atoms with van der Waals surface area (Å²) in [5.74, 6) is 0.932. The first-order chi connectivity index (χ1) is 9.24. The molecule has 2 aromatic rings. The first-order valence-electron chi connectivity index (χ1n) is 6.54. The van der Waals surface area contributed by atoms with Crippen molar-refractivity contribution in [3.63, 3.8) is 0 Å². The maximum absolute atomic E-state index is 5.39. The smallest absolute Gasteiger partial charge is 0.123 e. The molecule has 1 heterocycles. The quantitative estimate of drug-likeness (QED) is 0.876. The molecule has 19 heavy (non-hydrogen) atoms. The Morgan fingerprint density at radius 3 is 2.84 bits per heavy atom. The molecule has 0 aliphatic carbocycles. The summed E-state index contributed by atoms with van der Waals surface area (Å²) in [6.45, 7) is 5.13. The van der Waals surface area contributed by atoms with Gasteiger partial charge in [0.25, 0.3) is 0 Å². The van der Waals surface area contributed by atoms with Crippen LogP contribution in [0.1, 0.15) is 35.3 Å². The molecule has 1 aromatic carbocycles. The van der Waals surface area contributed by atoms with Gasteiger partial charge in [-0.15, -0.1) is 11.3 Å². The van der Waals surface area contributed by atoms with Crippen LogP contribution in [-0.2, 0) is 13.0 Å². The molecular weight excluding hydrogens is 256 g/mol. The van der Waals surface area contributed by atoms with E-state index < -0.39 is 0 Å². The second kappa shape index (κ2) is 6.68. The fraction of sp³-hybridized carbons (Fsp3) is 0.400. The van der Waals surface area contributed by atoms with Crippen LogP contribution in [0.15, 0.2) is 30.5 Å². The van der Waals surface area contributed by atoms with Crippen molar-refractivity contribution in [2.45, 2.75) is 32.9 Å². The number of nitrogens with zero attached hydrogens (tertiary/aromatic N) is 1. The molecular formula is C15H20N2OS. The maximum atomic E-state index is 5.39. The number of methoxy groups -OCH3 is 1. The van der Waals surface area contributed by atoms with Gasteiger partial charge in [0.05, 0.1) is 12.1 Å². The Morgan fingerprint density at radius 1 is 1.37 bits per heavy atom. The van der Waals surface area contributed by atoms with Crippen LogP contribution < -0.4 is 10.1 Å². The van der Waals surface area contributed by atoms with E-state index in [2.05, 4.69) is 30.2 Å². The van der Waals surface area contributed by atoms with E-state index in [9.17, 15) is 0 Å². The third-order valence-electron chi connectivity index (χ3n) is 3.09. The van der Waals surface area contributed by atoms with Crippen LogP contribution in [0.5, 0.6) is 5.75 Å². The topological polar surface area (TPSA) is 34.2 Å². The van der Waals surface area contributed by atoms with Crippen LogP contribution in [0.2, 0.25) is 0 Å². The van der Waals surface area contributed by atoms with Crippen molar-refractivity contribution < 1.29 is 4.74 Å². The summed E-state index contributed by atoms with van der Waals surface area (Å²) in [4.78, 5) is 5.65. The Kier molecular flexibility index (Phi) is 4.93. The Balaban J connectivity index is 1.98. The minimum Gasteiger partial charge on any atom is -0.496 e. The highest BCUT2D eigenvalue weighted by Crippen LogP contribution is 2.25. The summed E-state index contributed by atoms with van der Waals surface area (Å²) < 4.78 is 5.39. The highest BCUT2D eigenvalue weighted by molar-refractivity contribution is 7.11. The van der Waals surface area contributed by atoms with Crippen LogP contribution in [0.3, 0.4) is 0 Å². The molecule has 0 aliphatic heterocycles. The van der Waals surface area contributed by atoms with Gasteiger partial charge < -0.3 is 10.1 Å². The summed E-state index contributed by atoms with van der Waals surface area (Å²) in [7, 11) is 1.71. The lowest BCUT2D eigenvalue weighted by Gasteiger charge is -2.16. The van der Waals surface area contributed by atoms with E-state index in [0.717, 1.165) is 18.7 Å². The van der Waals surface area contributed by atoms with Crippen LogP contribution in [0.4, 0.5) is 0 Å². The molecule has 3 nitrogen and oxygen atoms in total. The molecule has 2 rings (SSSR count). The van der Waals surface area contributed by atoms with Gasteiger partial charge in [0, 0.05) is 29.2 Å². The monoisotopic (exact) mass is 276 g/mol. The lowest BCUT2D eigenvalue weighted by atomic mass is 10.1. The van der Waals surface area contributed by atoms with Crippen molar-refractivity contribution in [3.8, 4) is 5.75 Å². The van der Waals surface area contributed by atoms with Gasteiger partial charge in [-0.25, -0.2) is 4.98 Å². The first kappa shape index (κ1) is 14.0. The minimum atomic E-state index is 0.253. The van der Waals surface area contributed by atoms with Crippen molar-refractivity contribution in [2.75, 3.05) is 7.11 Å². The van der Waals surface area contributed by atoms with Crippen molar-refractivity contribution in [2.24, 2.45) is 0 Å². The molecule has 1 unspecified atom stereocenters. The van der Waals surface area contributed by atoms with Crippen LogP contribution in [0, 0.1) is 0 Å². The van der Waals surface area contributed by atoms with Crippen LogP contribution in [-0.4, -0.2) is 12.1 Å². The predicted molar refractivity (Wildman–Crippen MR) is 79.7 cm³/mol. The SMILES string of the molecule is CCc1ncc(CNC(C)c2ccccc2OC)s1. The average molecular weight is 276 g/mol. The molecule has 1 N–H and O–H groups in total. The molecule has 1 aromatic heterocycles. The molecule has 0 saturated carbocycles. The van der Waals surface area contributed by atoms with E-state index in [1.54, 1.807) is 18.4 Å². The van der Waals surface area contributed by atoms with Gasteiger partial charge >= 0.3 is 0 Å². The third kappa shape index (κ3) is 3.55. The Hall–Kier alpha value is -1.39. The summed E-state index contributed by atoms with van der Waals surface area (Å²) >= 11 is 1.78. The molecule has 0 saturated heterocycles. The average Bonchev–Trinajstić information content (AvgIpc) is 2.92. The predicted octanol–water partition coefficient (Wildman–Crippen LogP) is 3.56. The van der Waals surface area contributed by atoms with E-state index in [4.69, 9.17) is 4.74 Å². The highest BCUT2D eigenvalue weighted by Gasteiger charge is 2.10. The Labute approximate surface area is 118 Å². The van der Waals surface area contributed by atoms with Gasteiger partial charge in [0.2, 0.25) is 0 Å². The lowest BCUT2D eigenvalue weighted by Crippen LogP contribution is -2.18. The number of nitrogens with one attached hydrogen (secondary N) is 1. The van der Waals surface area contributed by atoms with E-state index in [0.29, 0.717) is 0 Å². The molecule has 0 aliphatic rings. The second-order valence-corrected chi connectivity index (χ2v) is 5.62. The zero-order valence-corrected chi connectivity index (χ0v) is 12.5. The standard InChI is InChI=1S/C15H20N2OS/c1-4-15-17-10-12(19-15)9-16-11(2)13-7-5-6-8-14(13)18-3/h5-8,10-11,16H,4,9H2,1-3H3. The van der Waals surface area contributed by atoms with Crippen molar-refractivity contribution in [1.29, 1.82) is 0 Å². The summed E-state index contributed by atoms with van der Waals surface area (Å²) in [5, 5.41) is 4.71. The highest BCUT2D eigenvalue weighted by atomic mass is 32.1. The molecule has 4 heteroatoms. The van der Waals surface area contributed by atoms with Crippen molar-refractivity contribution in [1.82, 2.24) is 10.3 Å². The maximum Gasteiger partial charge on any atom is 0.123 e. The first-order valence-corrected chi connectivity index (χ1v) is 7.36. The summed E-state index contributed by atoms with van der Waals surface area (Å²) in [6, 6.07) is 8.38. The minimum absolute atomic E-state index is 0.253. The zero-order chi connectivity index (χ0) is 13.7. The fourth-order valence-corrected chi connectivity index (χ4v) is 2.79. The van der Waals surface area contributed by atoms with E-state index >= 15 is 0 Å².